The minimum absolute atomic E-state index is 0.134. The highest BCUT2D eigenvalue weighted by molar-refractivity contribution is 8.18. The summed E-state index contributed by atoms with van der Waals surface area (Å²) in [5.41, 5.74) is 2.87. The zero-order chi connectivity index (χ0) is 23.7. The number of aliphatic imine (C=N–C) groups is 1. The molecule has 2 aromatic carbocycles. The Morgan fingerprint density at radius 2 is 2.18 bits per heavy atom. The summed E-state index contributed by atoms with van der Waals surface area (Å²) in [6.45, 7) is 2.80. The van der Waals surface area contributed by atoms with Gasteiger partial charge in [0, 0.05) is 29.9 Å². The lowest BCUT2D eigenvalue weighted by atomic mass is 10.1. The minimum Gasteiger partial charge on any atom is -0.322 e. The van der Waals surface area contributed by atoms with E-state index in [1.54, 1.807) is 24.4 Å². The van der Waals surface area contributed by atoms with E-state index in [2.05, 4.69) is 20.6 Å². The number of rotatable bonds is 3. The monoisotopic (exact) mass is 491 g/mol. The van der Waals surface area contributed by atoms with Gasteiger partial charge in [0.25, 0.3) is 5.91 Å². The van der Waals surface area contributed by atoms with Crippen LogP contribution in [0.5, 0.6) is 0 Å². The molecule has 3 amide bonds. The van der Waals surface area contributed by atoms with E-state index in [0.29, 0.717) is 26.5 Å². The molecule has 9 heteroatoms. The van der Waals surface area contributed by atoms with Gasteiger partial charge in [0.15, 0.2) is 5.17 Å². The van der Waals surface area contributed by atoms with Gasteiger partial charge in [0.1, 0.15) is 0 Å². The number of pyridine rings is 1. The van der Waals surface area contributed by atoms with E-state index < -0.39 is 0 Å². The SMILES string of the molecule is C[C@@H]1CCCN1C(=O)Nc1ccc(Cl)c(N=C2NC(=O)C(=Cc3ccc4ncccc4c3)S2)c1. The summed E-state index contributed by atoms with van der Waals surface area (Å²) >= 11 is 7.59. The molecule has 5 rings (SSSR count). The third-order valence-corrected chi connectivity index (χ3v) is 7.04. The predicted molar refractivity (Wildman–Crippen MR) is 138 cm³/mol. The number of thioether (sulfide) groups is 1. The Hall–Kier alpha value is -3.36. The molecule has 0 saturated carbocycles. The molecule has 0 bridgehead atoms. The number of amidine groups is 1. The summed E-state index contributed by atoms with van der Waals surface area (Å²) in [6.07, 6.45) is 5.60. The van der Waals surface area contributed by atoms with Gasteiger partial charge >= 0.3 is 6.03 Å². The molecule has 34 heavy (non-hydrogen) atoms. The molecule has 1 aromatic heterocycles. The average Bonchev–Trinajstić information content (AvgIpc) is 3.41. The number of likely N-dealkylation sites (tertiary alicyclic amines) is 1. The lowest BCUT2D eigenvalue weighted by molar-refractivity contribution is -0.115. The van der Waals surface area contributed by atoms with Crippen molar-refractivity contribution < 1.29 is 9.59 Å². The van der Waals surface area contributed by atoms with Crippen LogP contribution in [0.3, 0.4) is 0 Å². The van der Waals surface area contributed by atoms with E-state index in [0.717, 1.165) is 35.9 Å². The van der Waals surface area contributed by atoms with Crippen molar-refractivity contribution in [2.75, 3.05) is 11.9 Å². The molecule has 2 fully saturated rings. The third-order valence-electron chi connectivity index (χ3n) is 5.81. The fraction of sp³-hybridized carbons (Fsp3) is 0.200. The van der Waals surface area contributed by atoms with Crippen LogP contribution in [0, 0.1) is 0 Å². The number of halogens is 1. The number of urea groups is 1. The molecule has 2 N–H and O–H groups in total. The topological polar surface area (TPSA) is 86.7 Å². The molecule has 7 nitrogen and oxygen atoms in total. The normalized spacial score (nSPS) is 20.4. The standard InChI is InChI=1S/C25H22ClN5O2S/c1-15-4-3-11-31(15)25(33)28-18-7-8-19(26)21(14-18)29-24-30-23(32)22(34-24)13-16-6-9-20-17(12-16)5-2-10-27-20/h2,5-10,12-15H,3-4,11H2,1H3,(H,28,33)(H,29,30,32)/t15-/m1/s1. The Balaban J connectivity index is 1.34. The second-order valence-corrected chi connectivity index (χ2v) is 9.66. The molecule has 0 aliphatic carbocycles. The first-order chi connectivity index (χ1) is 16.5. The molecule has 0 spiro atoms. The van der Waals surface area contributed by atoms with Crippen LogP contribution in [0.4, 0.5) is 16.2 Å². The van der Waals surface area contributed by atoms with Gasteiger partial charge in [-0.2, -0.15) is 0 Å². The Bertz CT molecular complexity index is 1360. The van der Waals surface area contributed by atoms with Gasteiger partial charge in [-0.05, 0) is 79.6 Å². The lowest BCUT2D eigenvalue weighted by Crippen LogP contribution is -2.37. The Kier molecular flexibility index (Phi) is 6.26. The molecule has 3 aromatic rings. The number of hydrogen-bond donors (Lipinski definition) is 2. The minimum atomic E-state index is -0.223. The maximum Gasteiger partial charge on any atom is 0.322 e. The van der Waals surface area contributed by atoms with Crippen LogP contribution in [-0.4, -0.2) is 39.6 Å². The van der Waals surface area contributed by atoms with E-state index in [4.69, 9.17) is 11.6 Å². The molecule has 2 aliphatic rings. The van der Waals surface area contributed by atoms with Gasteiger partial charge in [0.05, 0.1) is 21.1 Å². The first-order valence-electron chi connectivity index (χ1n) is 11.0. The molecular formula is C25H22ClN5O2S. The van der Waals surface area contributed by atoms with Gasteiger partial charge in [-0.15, -0.1) is 0 Å². The highest BCUT2D eigenvalue weighted by Crippen LogP contribution is 2.33. The van der Waals surface area contributed by atoms with Crippen LogP contribution in [0.2, 0.25) is 5.02 Å². The molecule has 0 unspecified atom stereocenters. The Morgan fingerprint density at radius 1 is 1.29 bits per heavy atom. The van der Waals surface area contributed by atoms with Gasteiger partial charge in [-0.1, -0.05) is 23.7 Å². The quantitative estimate of drug-likeness (QED) is 0.453. The summed E-state index contributed by atoms with van der Waals surface area (Å²) in [7, 11) is 0. The second kappa shape index (κ2) is 9.48. The molecule has 2 saturated heterocycles. The van der Waals surface area contributed by atoms with Crippen LogP contribution < -0.4 is 10.6 Å². The van der Waals surface area contributed by atoms with E-state index in [-0.39, 0.29) is 18.0 Å². The van der Waals surface area contributed by atoms with Crippen molar-refractivity contribution in [2.24, 2.45) is 4.99 Å². The number of aromatic nitrogens is 1. The number of nitrogens with one attached hydrogen (secondary N) is 2. The number of hydrogen-bond acceptors (Lipinski definition) is 5. The molecule has 0 radical (unpaired) electrons. The van der Waals surface area contributed by atoms with Crippen molar-refractivity contribution in [2.45, 2.75) is 25.8 Å². The second-order valence-electron chi connectivity index (χ2n) is 8.22. The third kappa shape index (κ3) is 4.78. The zero-order valence-corrected chi connectivity index (χ0v) is 20.0. The van der Waals surface area contributed by atoms with E-state index in [1.165, 1.54) is 11.8 Å². The van der Waals surface area contributed by atoms with Gasteiger partial charge in [0.2, 0.25) is 0 Å². The summed E-state index contributed by atoms with van der Waals surface area (Å²) in [5, 5.41) is 7.56. The van der Waals surface area contributed by atoms with Crippen LogP contribution in [0.15, 0.2) is 64.6 Å². The number of anilines is 1. The number of nitrogens with zero attached hydrogens (tertiary/aromatic N) is 3. The molecular weight excluding hydrogens is 470 g/mol. The van der Waals surface area contributed by atoms with Crippen LogP contribution in [0.25, 0.3) is 17.0 Å². The lowest BCUT2D eigenvalue weighted by Gasteiger charge is -2.21. The number of amides is 3. The summed E-state index contributed by atoms with van der Waals surface area (Å²) in [4.78, 5) is 36.3. The first-order valence-corrected chi connectivity index (χ1v) is 12.2. The number of benzene rings is 2. The summed E-state index contributed by atoms with van der Waals surface area (Å²) in [6, 6.07) is 14.9. The summed E-state index contributed by atoms with van der Waals surface area (Å²) < 4.78 is 0. The van der Waals surface area contributed by atoms with Gasteiger partial charge < -0.3 is 15.5 Å². The molecule has 172 valence electrons. The van der Waals surface area contributed by atoms with E-state index in [1.807, 2.05) is 48.2 Å². The zero-order valence-electron chi connectivity index (χ0n) is 18.4. The van der Waals surface area contributed by atoms with Crippen molar-refractivity contribution in [1.82, 2.24) is 15.2 Å². The van der Waals surface area contributed by atoms with Gasteiger partial charge in [-0.25, -0.2) is 9.79 Å². The smallest absolute Gasteiger partial charge is 0.322 e. The number of fused-ring (bicyclic) bond motifs is 1. The van der Waals surface area contributed by atoms with Crippen molar-refractivity contribution in [3.63, 3.8) is 0 Å². The molecule has 2 aliphatic heterocycles. The van der Waals surface area contributed by atoms with E-state index in [9.17, 15) is 9.59 Å². The van der Waals surface area contributed by atoms with Gasteiger partial charge in [-0.3, -0.25) is 9.78 Å². The fourth-order valence-electron chi connectivity index (χ4n) is 4.03. The van der Waals surface area contributed by atoms with E-state index >= 15 is 0 Å². The average molecular weight is 492 g/mol. The highest BCUT2D eigenvalue weighted by Gasteiger charge is 2.26. The molecule has 1 atom stereocenters. The van der Waals surface area contributed by atoms with Crippen molar-refractivity contribution >= 4 is 68.8 Å². The van der Waals surface area contributed by atoms with Crippen LogP contribution >= 0.6 is 23.4 Å². The fourth-order valence-corrected chi connectivity index (χ4v) is 5.03. The number of carbonyl (C=O) groups is 2. The van der Waals surface area contributed by atoms with Crippen LogP contribution in [0.1, 0.15) is 25.3 Å². The number of carbonyl (C=O) groups excluding carboxylic acids is 2. The van der Waals surface area contributed by atoms with Crippen molar-refractivity contribution in [3.05, 3.63) is 70.2 Å². The Labute approximate surface area is 206 Å². The highest BCUT2D eigenvalue weighted by atomic mass is 35.5. The van der Waals surface area contributed by atoms with Crippen LogP contribution in [-0.2, 0) is 4.79 Å². The maximum atomic E-state index is 12.6. The van der Waals surface area contributed by atoms with Crippen molar-refractivity contribution in [1.29, 1.82) is 0 Å². The first kappa shape index (κ1) is 22.4. The largest absolute Gasteiger partial charge is 0.322 e. The van der Waals surface area contributed by atoms with Crippen molar-refractivity contribution in [3.8, 4) is 0 Å². The molecule has 3 heterocycles. The summed E-state index contributed by atoms with van der Waals surface area (Å²) in [5.74, 6) is -0.223. The maximum absolute atomic E-state index is 12.6. The predicted octanol–water partition coefficient (Wildman–Crippen LogP) is 5.80. The Morgan fingerprint density at radius 3 is 3.00 bits per heavy atom.